The number of hydrogen-bond donors (Lipinski definition) is 2. The van der Waals surface area contributed by atoms with Crippen LogP contribution in [0.25, 0.3) is 0 Å². The Morgan fingerprint density at radius 1 is 1.14 bits per heavy atom. The third-order valence-electron chi connectivity index (χ3n) is 2.50. The Morgan fingerprint density at radius 2 is 1.90 bits per heavy atom. The number of aromatic nitrogens is 3. The maximum Gasteiger partial charge on any atom is 0.324 e. The molecule has 21 heavy (non-hydrogen) atoms. The highest BCUT2D eigenvalue weighted by atomic mass is 16.5. The summed E-state index contributed by atoms with van der Waals surface area (Å²) in [5.74, 6) is 6.23. The second kappa shape index (κ2) is 7.25. The SMILES string of the molecule is CCOc1nc(NN)nc(OCc2cccc(OC)c2)n1. The molecular weight excluding hydrogens is 274 g/mol. The Hall–Kier alpha value is -2.61. The summed E-state index contributed by atoms with van der Waals surface area (Å²) in [6, 6.07) is 7.80. The van der Waals surface area contributed by atoms with E-state index in [0.717, 1.165) is 11.3 Å². The van der Waals surface area contributed by atoms with Crippen molar-refractivity contribution in [1.82, 2.24) is 15.0 Å². The first-order valence-electron chi connectivity index (χ1n) is 6.36. The highest BCUT2D eigenvalue weighted by Crippen LogP contribution is 2.16. The van der Waals surface area contributed by atoms with Gasteiger partial charge in [0.1, 0.15) is 12.4 Å². The Morgan fingerprint density at radius 3 is 2.57 bits per heavy atom. The summed E-state index contributed by atoms with van der Waals surface area (Å²) < 4.78 is 15.9. The smallest absolute Gasteiger partial charge is 0.324 e. The van der Waals surface area contributed by atoms with Crippen molar-refractivity contribution in [3.05, 3.63) is 29.8 Å². The maximum absolute atomic E-state index is 5.53. The van der Waals surface area contributed by atoms with Crippen LogP contribution in [0.15, 0.2) is 24.3 Å². The normalized spacial score (nSPS) is 10.0. The molecule has 112 valence electrons. The second-order valence-electron chi connectivity index (χ2n) is 3.94. The number of nitrogen functional groups attached to an aromatic ring is 1. The van der Waals surface area contributed by atoms with Crippen LogP contribution in [0.4, 0.5) is 5.95 Å². The first-order chi connectivity index (χ1) is 10.2. The number of nitrogens with one attached hydrogen (secondary N) is 1. The predicted molar refractivity (Wildman–Crippen MR) is 76.1 cm³/mol. The molecule has 1 aromatic carbocycles. The Labute approximate surface area is 122 Å². The number of nitrogens with zero attached hydrogens (tertiary/aromatic N) is 3. The largest absolute Gasteiger partial charge is 0.497 e. The van der Waals surface area contributed by atoms with Crippen LogP contribution in [0.2, 0.25) is 0 Å². The quantitative estimate of drug-likeness (QED) is 0.578. The summed E-state index contributed by atoms with van der Waals surface area (Å²) in [6.07, 6.45) is 0. The standard InChI is InChI=1S/C13H17N5O3/c1-3-20-12-15-11(18-14)16-13(17-12)21-8-9-5-4-6-10(7-9)19-2/h4-7H,3,8,14H2,1-2H3,(H,15,16,17,18). The molecule has 8 nitrogen and oxygen atoms in total. The van der Waals surface area contributed by atoms with Crippen LogP contribution < -0.4 is 25.5 Å². The third kappa shape index (κ3) is 4.18. The topological polar surface area (TPSA) is 104 Å². The molecule has 2 aromatic rings. The van der Waals surface area contributed by atoms with Crippen LogP contribution in [-0.4, -0.2) is 28.7 Å². The molecule has 0 fully saturated rings. The zero-order valence-electron chi connectivity index (χ0n) is 11.9. The average molecular weight is 291 g/mol. The van der Waals surface area contributed by atoms with Crippen LogP contribution in [0.3, 0.4) is 0 Å². The van der Waals surface area contributed by atoms with E-state index in [4.69, 9.17) is 20.1 Å². The monoisotopic (exact) mass is 291 g/mol. The van der Waals surface area contributed by atoms with Crippen molar-refractivity contribution in [1.29, 1.82) is 0 Å². The van der Waals surface area contributed by atoms with Gasteiger partial charge in [-0.25, -0.2) is 5.84 Å². The van der Waals surface area contributed by atoms with E-state index in [1.165, 1.54) is 0 Å². The van der Waals surface area contributed by atoms with Crippen LogP contribution in [0.1, 0.15) is 12.5 Å². The van der Waals surface area contributed by atoms with Crippen molar-refractivity contribution in [2.75, 3.05) is 19.1 Å². The first kappa shape index (κ1) is 14.8. The number of benzene rings is 1. The van der Waals surface area contributed by atoms with Crippen LogP contribution in [0, 0.1) is 0 Å². The fraction of sp³-hybridized carbons (Fsp3) is 0.308. The molecule has 0 aliphatic rings. The highest BCUT2D eigenvalue weighted by Gasteiger charge is 2.08. The number of hydrogen-bond acceptors (Lipinski definition) is 8. The number of methoxy groups -OCH3 is 1. The van der Waals surface area contributed by atoms with E-state index in [2.05, 4.69) is 20.4 Å². The molecule has 0 saturated heterocycles. The Bertz CT molecular complexity index is 594. The van der Waals surface area contributed by atoms with Crippen LogP contribution in [-0.2, 0) is 6.61 Å². The molecule has 0 aliphatic heterocycles. The van der Waals surface area contributed by atoms with Gasteiger partial charge in [0.15, 0.2) is 0 Å². The Balaban J connectivity index is 2.09. The molecule has 0 aliphatic carbocycles. The van der Waals surface area contributed by atoms with Gasteiger partial charge < -0.3 is 14.2 Å². The van der Waals surface area contributed by atoms with Gasteiger partial charge in [-0.1, -0.05) is 12.1 Å². The zero-order valence-corrected chi connectivity index (χ0v) is 11.9. The fourth-order valence-electron chi connectivity index (χ4n) is 1.57. The number of hydrazine groups is 1. The molecule has 0 amide bonds. The minimum Gasteiger partial charge on any atom is -0.497 e. The molecule has 0 radical (unpaired) electrons. The van der Waals surface area contributed by atoms with Crippen molar-refractivity contribution >= 4 is 5.95 Å². The van der Waals surface area contributed by atoms with Gasteiger partial charge in [-0.15, -0.1) is 4.98 Å². The Kier molecular flexibility index (Phi) is 5.10. The van der Waals surface area contributed by atoms with Gasteiger partial charge in [-0.05, 0) is 24.6 Å². The lowest BCUT2D eigenvalue weighted by molar-refractivity contribution is 0.261. The second-order valence-corrected chi connectivity index (χ2v) is 3.94. The van der Waals surface area contributed by atoms with Crippen molar-refractivity contribution in [3.63, 3.8) is 0 Å². The molecule has 0 saturated carbocycles. The molecular formula is C13H17N5O3. The molecule has 0 atom stereocenters. The average Bonchev–Trinajstić information content (AvgIpc) is 2.53. The van der Waals surface area contributed by atoms with Gasteiger partial charge in [-0.2, -0.15) is 9.97 Å². The lowest BCUT2D eigenvalue weighted by Gasteiger charge is -2.08. The highest BCUT2D eigenvalue weighted by molar-refractivity contribution is 5.29. The van der Waals surface area contributed by atoms with Gasteiger partial charge >= 0.3 is 12.0 Å². The van der Waals surface area contributed by atoms with E-state index < -0.39 is 0 Å². The van der Waals surface area contributed by atoms with Gasteiger partial charge in [0.05, 0.1) is 13.7 Å². The fourth-order valence-corrected chi connectivity index (χ4v) is 1.57. The van der Waals surface area contributed by atoms with Crippen molar-refractivity contribution in [3.8, 4) is 17.8 Å². The summed E-state index contributed by atoms with van der Waals surface area (Å²) >= 11 is 0. The number of ether oxygens (including phenoxy) is 3. The molecule has 0 spiro atoms. The molecule has 0 bridgehead atoms. The molecule has 2 rings (SSSR count). The predicted octanol–water partition coefficient (Wildman–Crippen LogP) is 1.14. The van der Waals surface area contributed by atoms with Gasteiger partial charge in [-0.3, -0.25) is 5.43 Å². The summed E-state index contributed by atoms with van der Waals surface area (Å²) in [6.45, 7) is 2.55. The lowest BCUT2D eigenvalue weighted by atomic mass is 10.2. The molecule has 3 N–H and O–H groups in total. The molecule has 1 heterocycles. The van der Waals surface area contributed by atoms with E-state index in [1.54, 1.807) is 7.11 Å². The minimum absolute atomic E-state index is 0.129. The van der Waals surface area contributed by atoms with Gasteiger partial charge in [0.25, 0.3) is 0 Å². The molecule has 0 unspecified atom stereocenters. The summed E-state index contributed by atoms with van der Waals surface area (Å²) in [7, 11) is 1.61. The van der Waals surface area contributed by atoms with Crippen molar-refractivity contribution < 1.29 is 14.2 Å². The number of rotatable bonds is 7. The van der Waals surface area contributed by atoms with E-state index in [1.807, 2.05) is 31.2 Å². The lowest BCUT2D eigenvalue weighted by Crippen LogP contribution is -2.13. The third-order valence-corrected chi connectivity index (χ3v) is 2.50. The molecule has 8 heteroatoms. The van der Waals surface area contributed by atoms with E-state index in [-0.39, 0.29) is 24.6 Å². The van der Waals surface area contributed by atoms with Crippen LogP contribution >= 0.6 is 0 Å². The number of nitrogens with two attached hydrogens (primary N) is 1. The molecule has 1 aromatic heterocycles. The van der Waals surface area contributed by atoms with E-state index >= 15 is 0 Å². The van der Waals surface area contributed by atoms with E-state index in [9.17, 15) is 0 Å². The maximum atomic E-state index is 5.53. The van der Waals surface area contributed by atoms with Crippen molar-refractivity contribution in [2.24, 2.45) is 5.84 Å². The zero-order chi connectivity index (χ0) is 15.1. The summed E-state index contributed by atoms with van der Waals surface area (Å²) in [5.41, 5.74) is 3.27. The van der Waals surface area contributed by atoms with Gasteiger partial charge in [0, 0.05) is 0 Å². The van der Waals surface area contributed by atoms with E-state index in [0.29, 0.717) is 6.61 Å². The minimum atomic E-state index is 0.129. The first-order valence-corrected chi connectivity index (χ1v) is 6.36. The summed E-state index contributed by atoms with van der Waals surface area (Å²) in [5, 5.41) is 0. The van der Waals surface area contributed by atoms with Gasteiger partial charge in [0.2, 0.25) is 5.95 Å². The number of anilines is 1. The van der Waals surface area contributed by atoms with Crippen molar-refractivity contribution in [2.45, 2.75) is 13.5 Å². The van der Waals surface area contributed by atoms with Crippen LogP contribution in [0.5, 0.6) is 17.8 Å². The summed E-state index contributed by atoms with van der Waals surface area (Å²) in [4.78, 5) is 12.0.